The van der Waals surface area contributed by atoms with Crippen molar-refractivity contribution >= 4 is 23.5 Å². The number of ether oxygens (including phenoxy) is 2. The van der Waals surface area contributed by atoms with Crippen LogP contribution in [-0.2, 0) is 9.47 Å². The van der Waals surface area contributed by atoms with Gasteiger partial charge < -0.3 is 9.47 Å². The van der Waals surface area contributed by atoms with Crippen LogP contribution in [0, 0.1) is 0 Å². The highest BCUT2D eigenvalue weighted by molar-refractivity contribution is 8.22. The van der Waals surface area contributed by atoms with Gasteiger partial charge in [-0.1, -0.05) is 0 Å². The van der Waals surface area contributed by atoms with E-state index < -0.39 is 0 Å². The number of hydrogen-bond donors (Lipinski definition) is 0. The van der Waals surface area contributed by atoms with Crippen LogP contribution >= 0.6 is 23.5 Å². The van der Waals surface area contributed by atoms with E-state index in [4.69, 9.17) is 9.47 Å². The fraction of sp³-hybridized carbons (Fsp3) is 1.00. The first-order chi connectivity index (χ1) is 6.63. The molecule has 80 valence electrons. The smallest absolute Gasteiger partial charge is 0.116 e. The third-order valence-electron chi connectivity index (χ3n) is 3.45. The van der Waals surface area contributed by atoms with Gasteiger partial charge in [-0.15, -0.1) is 23.5 Å². The van der Waals surface area contributed by atoms with Gasteiger partial charge in [-0.25, -0.2) is 0 Å². The van der Waals surface area contributed by atoms with Crippen molar-refractivity contribution in [2.45, 2.75) is 47.1 Å². The van der Waals surface area contributed by atoms with Crippen molar-refractivity contribution in [3.8, 4) is 0 Å². The Morgan fingerprint density at radius 2 is 2.07 bits per heavy atom. The van der Waals surface area contributed by atoms with Gasteiger partial charge >= 0.3 is 0 Å². The van der Waals surface area contributed by atoms with E-state index in [0.717, 1.165) is 13.2 Å². The van der Waals surface area contributed by atoms with Gasteiger partial charge in [-0.05, 0) is 26.7 Å². The van der Waals surface area contributed by atoms with E-state index in [9.17, 15) is 0 Å². The lowest BCUT2D eigenvalue weighted by molar-refractivity contribution is 0.0347. The lowest BCUT2D eigenvalue weighted by Crippen LogP contribution is -2.39. The zero-order chi connectivity index (χ0) is 9.81. The molecule has 3 rings (SSSR count). The van der Waals surface area contributed by atoms with Crippen LogP contribution in [0.3, 0.4) is 0 Å². The molecule has 0 aromatic rings. The van der Waals surface area contributed by atoms with E-state index in [0.29, 0.717) is 10.7 Å². The van der Waals surface area contributed by atoms with E-state index >= 15 is 0 Å². The summed E-state index contributed by atoms with van der Waals surface area (Å²) in [5, 5.41) is 0.709. The molecule has 3 unspecified atom stereocenters. The van der Waals surface area contributed by atoms with Gasteiger partial charge in [0.2, 0.25) is 0 Å². The van der Waals surface area contributed by atoms with Crippen LogP contribution < -0.4 is 0 Å². The van der Waals surface area contributed by atoms with Crippen molar-refractivity contribution in [1.82, 2.24) is 0 Å². The summed E-state index contributed by atoms with van der Waals surface area (Å²) in [6, 6.07) is 0. The van der Waals surface area contributed by atoms with Gasteiger partial charge in [0, 0.05) is 18.5 Å². The molecule has 0 aromatic carbocycles. The van der Waals surface area contributed by atoms with Gasteiger partial charge in [0.1, 0.15) is 5.44 Å². The summed E-state index contributed by atoms with van der Waals surface area (Å²) in [6.45, 7) is 6.31. The largest absolute Gasteiger partial charge is 0.373 e. The normalized spacial score (nSPS) is 50.1. The maximum absolute atomic E-state index is 5.85. The molecule has 1 spiro atoms. The van der Waals surface area contributed by atoms with Crippen molar-refractivity contribution < 1.29 is 9.47 Å². The second-order valence-electron chi connectivity index (χ2n) is 4.66. The minimum Gasteiger partial charge on any atom is -0.373 e. The SMILES string of the molecule is CC1(C)OCCC12SC1CCOC1S2. The van der Waals surface area contributed by atoms with Crippen LogP contribution in [0.1, 0.15) is 26.7 Å². The highest BCUT2D eigenvalue weighted by Gasteiger charge is 2.60. The Labute approximate surface area is 93.5 Å². The minimum absolute atomic E-state index is 0.00995. The highest BCUT2D eigenvalue weighted by atomic mass is 32.2. The molecule has 3 aliphatic rings. The molecule has 3 heterocycles. The first kappa shape index (κ1) is 9.82. The Kier molecular flexibility index (Phi) is 2.15. The summed E-state index contributed by atoms with van der Waals surface area (Å²) < 4.78 is 11.9. The fourth-order valence-corrected chi connectivity index (χ4v) is 6.50. The van der Waals surface area contributed by atoms with Gasteiger partial charge in [0.25, 0.3) is 0 Å². The van der Waals surface area contributed by atoms with Crippen molar-refractivity contribution in [1.29, 1.82) is 0 Å². The number of hydrogen-bond acceptors (Lipinski definition) is 4. The van der Waals surface area contributed by atoms with Crippen molar-refractivity contribution in [2.24, 2.45) is 0 Å². The quantitative estimate of drug-likeness (QED) is 0.638. The molecular weight excluding hydrogens is 216 g/mol. The summed E-state index contributed by atoms with van der Waals surface area (Å²) in [5.41, 5.74) is 0.441. The summed E-state index contributed by atoms with van der Waals surface area (Å²) in [5.74, 6) is 0. The monoisotopic (exact) mass is 232 g/mol. The highest BCUT2D eigenvalue weighted by Crippen LogP contribution is 2.64. The van der Waals surface area contributed by atoms with Crippen LogP contribution in [0.5, 0.6) is 0 Å². The van der Waals surface area contributed by atoms with Crippen LogP contribution in [0.15, 0.2) is 0 Å². The average molecular weight is 232 g/mol. The van der Waals surface area contributed by atoms with E-state index in [1.54, 1.807) is 0 Å². The van der Waals surface area contributed by atoms with Crippen LogP contribution in [-0.4, -0.2) is 33.6 Å². The molecule has 3 aliphatic heterocycles. The summed E-state index contributed by atoms with van der Waals surface area (Å²) >= 11 is 4.12. The Balaban J connectivity index is 1.86. The molecule has 0 saturated carbocycles. The predicted octanol–water partition coefficient (Wildman–Crippen LogP) is 2.48. The van der Waals surface area contributed by atoms with Gasteiger partial charge in [-0.2, -0.15) is 0 Å². The predicted molar refractivity (Wildman–Crippen MR) is 60.7 cm³/mol. The minimum atomic E-state index is 0.00995. The topological polar surface area (TPSA) is 18.5 Å². The van der Waals surface area contributed by atoms with Crippen LogP contribution in [0.2, 0.25) is 0 Å². The lowest BCUT2D eigenvalue weighted by atomic mass is 10.1. The zero-order valence-electron chi connectivity index (χ0n) is 8.62. The Morgan fingerprint density at radius 3 is 2.71 bits per heavy atom. The summed E-state index contributed by atoms with van der Waals surface area (Å²) in [6.07, 6.45) is 2.39. The molecule has 0 N–H and O–H groups in total. The van der Waals surface area contributed by atoms with Gasteiger partial charge in [0.15, 0.2) is 0 Å². The average Bonchev–Trinajstić information content (AvgIpc) is 2.67. The molecule has 3 atom stereocenters. The molecule has 2 nitrogen and oxygen atoms in total. The first-order valence-corrected chi connectivity index (χ1v) is 7.00. The summed E-state index contributed by atoms with van der Waals surface area (Å²) in [4.78, 5) is 0. The molecule has 0 aliphatic carbocycles. The molecule has 3 fully saturated rings. The number of thioether (sulfide) groups is 2. The van der Waals surface area contributed by atoms with E-state index in [1.165, 1.54) is 12.8 Å². The van der Waals surface area contributed by atoms with Crippen LogP contribution in [0.25, 0.3) is 0 Å². The third-order valence-corrected chi connectivity index (χ3v) is 7.83. The third kappa shape index (κ3) is 1.20. The van der Waals surface area contributed by atoms with E-state index in [1.807, 2.05) is 11.8 Å². The molecule has 0 radical (unpaired) electrons. The Morgan fingerprint density at radius 1 is 1.21 bits per heavy atom. The maximum Gasteiger partial charge on any atom is 0.116 e. The van der Waals surface area contributed by atoms with Crippen molar-refractivity contribution in [2.75, 3.05) is 13.2 Å². The molecule has 3 saturated heterocycles. The first-order valence-electron chi connectivity index (χ1n) is 5.24. The van der Waals surface area contributed by atoms with Crippen molar-refractivity contribution in [3.63, 3.8) is 0 Å². The Hall–Kier alpha value is 0.620. The molecule has 4 heteroatoms. The standard InChI is InChI=1S/C10H16O2S2/c1-9(2)10(4-6-12-9)13-7-3-5-11-8(7)14-10/h7-8H,3-6H2,1-2H3. The van der Waals surface area contributed by atoms with Gasteiger partial charge in [0.05, 0.1) is 9.68 Å². The lowest BCUT2D eigenvalue weighted by Gasteiger charge is -2.35. The second-order valence-corrected chi connectivity index (χ2v) is 7.86. The number of fused-ring (bicyclic) bond motifs is 1. The van der Waals surface area contributed by atoms with E-state index in [2.05, 4.69) is 25.6 Å². The van der Waals surface area contributed by atoms with Crippen LogP contribution in [0.4, 0.5) is 0 Å². The molecule has 0 bridgehead atoms. The van der Waals surface area contributed by atoms with Crippen molar-refractivity contribution in [3.05, 3.63) is 0 Å². The van der Waals surface area contributed by atoms with E-state index in [-0.39, 0.29) is 9.68 Å². The second kappa shape index (κ2) is 3.06. The summed E-state index contributed by atoms with van der Waals surface area (Å²) in [7, 11) is 0. The Bertz CT molecular complexity index is 243. The molecule has 14 heavy (non-hydrogen) atoms. The molecule has 0 aromatic heterocycles. The van der Waals surface area contributed by atoms with Gasteiger partial charge in [-0.3, -0.25) is 0 Å². The molecule has 0 amide bonds. The zero-order valence-corrected chi connectivity index (χ0v) is 10.2. The molecular formula is C10H16O2S2. The maximum atomic E-state index is 5.85. The number of rotatable bonds is 0. The fourth-order valence-electron chi connectivity index (χ4n) is 2.48.